The number of thioether (sulfide) groups is 1. The lowest BCUT2D eigenvalue weighted by atomic mass is 10.0. The maximum absolute atomic E-state index is 11.5. The minimum absolute atomic E-state index is 0.203. The van der Waals surface area contributed by atoms with Crippen molar-refractivity contribution in [3.05, 3.63) is 59.7 Å². The second kappa shape index (κ2) is 3.80. The molecule has 1 aliphatic rings. The van der Waals surface area contributed by atoms with Crippen LogP contribution in [-0.4, -0.2) is 5.12 Å². The largest absolute Gasteiger partial charge is 0.282 e. The second-order valence-electron chi connectivity index (χ2n) is 3.81. The van der Waals surface area contributed by atoms with Gasteiger partial charge in [-0.15, -0.1) is 0 Å². The summed E-state index contributed by atoms with van der Waals surface area (Å²) in [5, 5.41) is 0.203. The summed E-state index contributed by atoms with van der Waals surface area (Å²) in [6, 6.07) is 16.3. The first-order chi connectivity index (χ1) is 7.84. The summed E-state index contributed by atoms with van der Waals surface area (Å²) in [5.74, 6) is 0.814. The number of fused-ring (bicyclic) bond motifs is 1. The number of carbonyl (C=O) groups is 1. The zero-order valence-electron chi connectivity index (χ0n) is 8.64. The second-order valence-corrected chi connectivity index (χ2v) is 4.76. The third kappa shape index (κ3) is 1.55. The van der Waals surface area contributed by atoms with Crippen LogP contribution >= 0.6 is 11.8 Å². The molecule has 2 aromatic carbocycles. The Kier molecular flexibility index (Phi) is 2.29. The van der Waals surface area contributed by atoms with E-state index in [-0.39, 0.29) is 5.12 Å². The minimum Gasteiger partial charge on any atom is -0.282 e. The van der Waals surface area contributed by atoms with Crippen LogP contribution in [0, 0.1) is 0 Å². The molecule has 1 heterocycles. The van der Waals surface area contributed by atoms with Gasteiger partial charge in [-0.2, -0.15) is 0 Å². The molecule has 3 rings (SSSR count). The Morgan fingerprint density at radius 2 is 1.75 bits per heavy atom. The molecule has 0 bridgehead atoms. The van der Waals surface area contributed by atoms with Crippen LogP contribution in [0.15, 0.2) is 48.5 Å². The number of benzene rings is 2. The average Bonchev–Trinajstić information content (AvgIpc) is 2.72. The fourth-order valence-electron chi connectivity index (χ4n) is 1.94. The highest BCUT2D eigenvalue weighted by molar-refractivity contribution is 8.13. The molecule has 0 fully saturated rings. The summed E-state index contributed by atoms with van der Waals surface area (Å²) in [6.07, 6.45) is 0. The van der Waals surface area contributed by atoms with Crippen LogP contribution in [-0.2, 0) is 5.75 Å². The molecular weight excluding hydrogens is 216 g/mol. The summed E-state index contributed by atoms with van der Waals surface area (Å²) in [6.45, 7) is 0. The smallest absolute Gasteiger partial charge is 0.219 e. The minimum atomic E-state index is 0.203. The van der Waals surface area contributed by atoms with E-state index < -0.39 is 0 Å². The van der Waals surface area contributed by atoms with Crippen molar-refractivity contribution in [2.24, 2.45) is 0 Å². The van der Waals surface area contributed by atoms with Crippen molar-refractivity contribution in [2.75, 3.05) is 0 Å². The average molecular weight is 226 g/mol. The number of hydrogen-bond donors (Lipinski definition) is 0. The predicted molar refractivity (Wildman–Crippen MR) is 67.5 cm³/mol. The molecule has 0 saturated heterocycles. The Hall–Kier alpha value is -1.54. The highest BCUT2D eigenvalue weighted by Crippen LogP contribution is 2.32. The summed E-state index contributed by atoms with van der Waals surface area (Å²) in [7, 11) is 0. The van der Waals surface area contributed by atoms with Gasteiger partial charge in [0.2, 0.25) is 5.12 Å². The van der Waals surface area contributed by atoms with E-state index in [0.29, 0.717) is 0 Å². The van der Waals surface area contributed by atoms with Gasteiger partial charge in [0.15, 0.2) is 0 Å². The summed E-state index contributed by atoms with van der Waals surface area (Å²) in [4.78, 5) is 11.5. The number of hydrogen-bond acceptors (Lipinski definition) is 2. The van der Waals surface area contributed by atoms with E-state index in [1.165, 1.54) is 22.9 Å². The topological polar surface area (TPSA) is 17.1 Å². The van der Waals surface area contributed by atoms with Gasteiger partial charge in [0, 0.05) is 11.3 Å². The van der Waals surface area contributed by atoms with Gasteiger partial charge in [-0.05, 0) is 28.8 Å². The molecule has 0 radical (unpaired) electrons. The molecule has 1 aliphatic heterocycles. The molecule has 2 aromatic rings. The first-order valence-electron chi connectivity index (χ1n) is 5.20. The summed E-state index contributed by atoms with van der Waals surface area (Å²) < 4.78 is 0. The van der Waals surface area contributed by atoms with Gasteiger partial charge >= 0.3 is 0 Å². The van der Waals surface area contributed by atoms with Crippen molar-refractivity contribution in [1.82, 2.24) is 0 Å². The van der Waals surface area contributed by atoms with Crippen molar-refractivity contribution >= 4 is 16.9 Å². The van der Waals surface area contributed by atoms with Crippen LogP contribution < -0.4 is 0 Å². The molecule has 0 saturated carbocycles. The van der Waals surface area contributed by atoms with Gasteiger partial charge in [-0.1, -0.05) is 48.2 Å². The summed E-state index contributed by atoms with van der Waals surface area (Å²) >= 11 is 1.39. The molecule has 0 amide bonds. The SMILES string of the molecule is O=C1SCc2cc(-c3ccccc3)ccc21. The van der Waals surface area contributed by atoms with E-state index in [1.807, 2.05) is 30.3 Å². The van der Waals surface area contributed by atoms with Crippen molar-refractivity contribution in [3.8, 4) is 11.1 Å². The molecule has 1 nitrogen and oxygen atoms in total. The maximum atomic E-state index is 11.5. The molecule has 0 aliphatic carbocycles. The van der Waals surface area contributed by atoms with Crippen LogP contribution in [0.4, 0.5) is 0 Å². The van der Waals surface area contributed by atoms with Gasteiger partial charge in [-0.25, -0.2) is 0 Å². The Bertz CT molecular complexity index is 546. The molecule has 0 aromatic heterocycles. The van der Waals surface area contributed by atoms with Gasteiger partial charge in [0.1, 0.15) is 0 Å². The van der Waals surface area contributed by atoms with E-state index in [9.17, 15) is 4.79 Å². The Morgan fingerprint density at radius 3 is 2.56 bits per heavy atom. The number of carbonyl (C=O) groups excluding carboxylic acids is 1. The standard InChI is InChI=1S/C14H10OS/c15-14-13-7-6-11(8-12(13)9-16-14)10-4-2-1-3-5-10/h1-8H,9H2. The molecule has 0 spiro atoms. The van der Waals surface area contributed by atoms with Crippen molar-refractivity contribution < 1.29 is 4.79 Å². The van der Waals surface area contributed by atoms with Crippen LogP contribution in [0.25, 0.3) is 11.1 Å². The van der Waals surface area contributed by atoms with Gasteiger partial charge in [-0.3, -0.25) is 4.79 Å². The summed E-state index contributed by atoms with van der Waals surface area (Å²) in [5.41, 5.74) is 4.44. The first-order valence-corrected chi connectivity index (χ1v) is 6.18. The Labute approximate surface area is 98.5 Å². The molecule has 0 unspecified atom stereocenters. The lowest BCUT2D eigenvalue weighted by Gasteiger charge is -2.03. The molecule has 2 heteroatoms. The van der Waals surface area contributed by atoms with Gasteiger partial charge in [0.05, 0.1) is 0 Å². The van der Waals surface area contributed by atoms with Crippen LogP contribution in [0.1, 0.15) is 15.9 Å². The monoisotopic (exact) mass is 226 g/mol. The fraction of sp³-hybridized carbons (Fsp3) is 0.0714. The quantitative estimate of drug-likeness (QED) is 0.736. The molecule has 0 N–H and O–H groups in total. The van der Waals surface area contributed by atoms with E-state index >= 15 is 0 Å². The van der Waals surface area contributed by atoms with E-state index in [4.69, 9.17) is 0 Å². The lowest BCUT2D eigenvalue weighted by Crippen LogP contribution is -1.89. The third-order valence-electron chi connectivity index (χ3n) is 2.79. The first kappa shape index (κ1) is 9.67. The normalized spacial score (nSPS) is 13.9. The van der Waals surface area contributed by atoms with Crippen molar-refractivity contribution in [2.45, 2.75) is 5.75 Å². The highest BCUT2D eigenvalue weighted by atomic mass is 32.2. The fourth-order valence-corrected chi connectivity index (χ4v) is 2.82. The Balaban J connectivity index is 2.09. The van der Waals surface area contributed by atoms with Crippen LogP contribution in [0.2, 0.25) is 0 Å². The van der Waals surface area contributed by atoms with Crippen LogP contribution in [0.5, 0.6) is 0 Å². The van der Waals surface area contributed by atoms with E-state index in [1.54, 1.807) is 0 Å². The molecular formula is C14H10OS. The molecule has 16 heavy (non-hydrogen) atoms. The van der Waals surface area contributed by atoms with Gasteiger partial charge in [0.25, 0.3) is 0 Å². The van der Waals surface area contributed by atoms with E-state index in [2.05, 4.69) is 18.2 Å². The predicted octanol–water partition coefficient (Wildman–Crippen LogP) is 3.74. The lowest BCUT2D eigenvalue weighted by molar-refractivity contribution is 0.109. The zero-order valence-corrected chi connectivity index (χ0v) is 9.46. The number of rotatable bonds is 1. The van der Waals surface area contributed by atoms with Crippen molar-refractivity contribution in [3.63, 3.8) is 0 Å². The van der Waals surface area contributed by atoms with Crippen LogP contribution in [0.3, 0.4) is 0 Å². The third-order valence-corrected chi connectivity index (χ3v) is 3.73. The zero-order chi connectivity index (χ0) is 11.0. The Morgan fingerprint density at radius 1 is 0.938 bits per heavy atom. The molecule has 78 valence electrons. The van der Waals surface area contributed by atoms with Crippen molar-refractivity contribution in [1.29, 1.82) is 0 Å². The maximum Gasteiger partial charge on any atom is 0.219 e. The molecule has 0 atom stereocenters. The highest BCUT2D eigenvalue weighted by Gasteiger charge is 2.20. The van der Waals surface area contributed by atoms with Gasteiger partial charge < -0.3 is 0 Å². The van der Waals surface area contributed by atoms with E-state index in [0.717, 1.165) is 16.9 Å².